The van der Waals surface area contributed by atoms with E-state index in [0.29, 0.717) is 6.42 Å². The fraction of sp³-hybridized carbons (Fsp3) is 0.533. The van der Waals surface area contributed by atoms with E-state index < -0.39 is 59.5 Å². The number of benzene rings is 1. The molecule has 0 saturated carbocycles. The van der Waals surface area contributed by atoms with E-state index >= 15 is 0 Å². The Morgan fingerprint density at radius 1 is 1.07 bits per heavy atom. The number of rotatable bonds is 4. The molecule has 10 heteroatoms. The van der Waals surface area contributed by atoms with Crippen molar-refractivity contribution in [3.63, 3.8) is 0 Å². The molecule has 7 atom stereocenters. The normalized spacial score (nSPS) is 34.2. The highest BCUT2D eigenvalue weighted by Gasteiger charge is 2.73. The Morgan fingerprint density at radius 2 is 1.82 bits per heavy atom. The van der Waals surface area contributed by atoms with Crippen LogP contribution in [0.25, 0.3) is 0 Å². The maximum atomic E-state index is 14.2. The number of hydrogen-bond acceptors (Lipinski definition) is 7. The molecule has 0 radical (unpaired) electrons. The highest BCUT2D eigenvalue weighted by atomic mass is 16.5. The molecule has 0 aromatic heterocycles. The molecular weight excluding hydrogens is 514 g/mol. The van der Waals surface area contributed by atoms with Gasteiger partial charge in [0.1, 0.15) is 18.2 Å². The van der Waals surface area contributed by atoms with Gasteiger partial charge in [0.05, 0.1) is 36.6 Å². The summed E-state index contributed by atoms with van der Waals surface area (Å²) in [7, 11) is 0. The van der Waals surface area contributed by atoms with Gasteiger partial charge in [-0.1, -0.05) is 54.6 Å². The van der Waals surface area contributed by atoms with Gasteiger partial charge in [0.25, 0.3) is 0 Å². The summed E-state index contributed by atoms with van der Waals surface area (Å²) in [5, 5.41) is 13.1. The highest BCUT2D eigenvalue weighted by molar-refractivity contribution is 6.00. The van der Waals surface area contributed by atoms with Crippen LogP contribution >= 0.6 is 0 Å². The third-order valence-electron chi connectivity index (χ3n) is 8.41. The van der Waals surface area contributed by atoms with Crippen LogP contribution in [-0.2, 0) is 28.7 Å². The lowest BCUT2D eigenvalue weighted by atomic mass is 9.74. The van der Waals surface area contributed by atoms with Crippen LogP contribution in [0.4, 0.5) is 0 Å². The molecule has 4 aliphatic heterocycles. The first-order chi connectivity index (χ1) is 19.2. The summed E-state index contributed by atoms with van der Waals surface area (Å²) >= 11 is 0. The number of likely N-dealkylation sites (tertiary alicyclic amines) is 1. The van der Waals surface area contributed by atoms with Crippen LogP contribution in [0.5, 0.6) is 0 Å². The smallest absolute Gasteiger partial charge is 0.306 e. The monoisotopic (exact) mass is 551 g/mol. The van der Waals surface area contributed by atoms with E-state index in [1.807, 2.05) is 56.3 Å². The van der Waals surface area contributed by atoms with Crippen molar-refractivity contribution in [2.75, 3.05) is 19.8 Å². The van der Waals surface area contributed by atoms with Crippen molar-refractivity contribution in [1.82, 2.24) is 15.1 Å². The summed E-state index contributed by atoms with van der Waals surface area (Å²) in [6.07, 6.45) is 7.08. The summed E-state index contributed by atoms with van der Waals surface area (Å²) < 4.78 is 12.0. The van der Waals surface area contributed by atoms with Gasteiger partial charge >= 0.3 is 5.97 Å². The van der Waals surface area contributed by atoms with Gasteiger partial charge in [0.2, 0.25) is 17.7 Å². The minimum absolute atomic E-state index is 0.0634. The summed E-state index contributed by atoms with van der Waals surface area (Å²) in [6, 6.07) is 6.66. The van der Waals surface area contributed by atoms with Crippen molar-refractivity contribution in [1.29, 1.82) is 0 Å². The second-order valence-electron chi connectivity index (χ2n) is 11.2. The Hall–Kier alpha value is -3.50. The number of fused-ring (bicyclic) bond motifs is 2. The number of cyclic esters (lactones) is 1. The van der Waals surface area contributed by atoms with Crippen molar-refractivity contribution in [3.05, 3.63) is 60.2 Å². The van der Waals surface area contributed by atoms with E-state index in [1.165, 1.54) is 4.90 Å². The summed E-state index contributed by atoms with van der Waals surface area (Å²) in [5.74, 6) is -3.36. The third-order valence-corrected chi connectivity index (χ3v) is 8.41. The fourth-order valence-corrected chi connectivity index (χ4v) is 6.39. The van der Waals surface area contributed by atoms with E-state index in [4.69, 9.17) is 9.47 Å². The molecule has 1 spiro atoms. The van der Waals surface area contributed by atoms with Gasteiger partial charge in [-0.15, -0.1) is 0 Å². The molecule has 214 valence electrons. The van der Waals surface area contributed by atoms with Crippen LogP contribution < -0.4 is 5.32 Å². The van der Waals surface area contributed by atoms with Gasteiger partial charge in [0.15, 0.2) is 0 Å². The fourth-order valence-electron chi connectivity index (χ4n) is 6.39. The second kappa shape index (κ2) is 11.2. The van der Waals surface area contributed by atoms with Crippen molar-refractivity contribution >= 4 is 23.7 Å². The number of nitrogens with one attached hydrogen (secondary N) is 1. The molecule has 3 amide bonds. The lowest BCUT2D eigenvalue weighted by Crippen LogP contribution is -2.59. The number of nitrogens with zero attached hydrogens (tertiary/aromatic N) is 2. The van der Waals surface area contributed by atoms with Gasteiger partial charge in [0, 0.05) is 19.0 Å². The molecule has 2 N–H and O–H groups in total. The van der Waals surface area contributed by atoms with Gasteiger partial charge in [-0.05, 0) is 32.8 Å². The second-order valence-corrected chi connectivity index (χ2v) is 11.2. The molecular formula is C30H37N3O7. The molecule has 4 aliphatic rings. The van der Waals surface area contributed by atoms with Gasteiger partial charge in [-0.25, -0.2) is 0 Å². The van der Waals surface area contributed by atoms with E-state index in [1.54, 1.807) is 24.0 Å². The minimum atomic E-state index is -1.33. The van der Waals surface area contributed by atoms with Crippen molar-refractivity contribution in [2.24, 2.45) is 11.8 Å². The molecule has 5 rings (SSSR count). The van der Waals surface area contributed by atoms with Gasteiger partial charge in [-0.3, -0.25) is 19.2 Å². The molecule has 0 aliphatic carbocycles. The van der Waals surface area contributed by atoms with Crippen molar-refractivity contribution in [2.45, 2.75) is 69.5 Å². The number of ether oxygens (including phenoxy) is 2. The first-order valence-corrected chi connectivity index (χ1v) is 14.0. The first-order valence-electron chi connectivity index (χ1n) is 14.0. The maximum Gasteiger partial charge on any atom is 0.306 e. The number of esters is 1. The number of aliphatic hydroxyl groups excluding tert-OH is 1. The van der Waals surface area contributed by atoms with Crippen LogP contribution in [0.3, 0.4) is 0 Å². The highest BCUT2D eigenvalue weighted by Crippen LogP contribution is 2.56. The molecule has 40 heavy (non-hydrogen) atoms. The average Bonchev–Trinajstić information content (AvgIpc) is 3.59. The predicted octanol–water partition coefficient (Wildman–Crippen LogP) is 1.51. The Balaban J connectivity index is 1.57. The zero-order valence-corrected chi connectivity index (χ0v) is 23.1. The quantitative estimate of drug-likeness (QED) is 0.429. The Morgan fingerprint density at radius 3 is 2.52 bits per heavy atom. The maximum absolute atomic E-state index is 14.2. The van der Waals surface area contributed by atoms with Crippen LogP contribution in [0.15, 0.2) is 54.6 Å². The van der Waals surface area contributed by atoms with Crippen LogP contribution in [0.2, 0.25) is 0 Å². The number of hydrogen-bond donors (Lipinski definition) is 2. The largest absolute Gasteiger partial charge is 0.463 e. The Labute approximate surface area is 234 Å². The van der Waals surface area contributed by atoms with E-state index in [0.717, 1.165) is 5.56 Å². The van der Waals surface area contributed by atoms with Crippen LogP contribution in [-0.4, -0.2) is 88.2 Å². The molecule has 10 nitrogen and oxygen atoms in total. The molecule has 4 heterocycles. The third kappa shape index (κ3) is 4.73. The number of carbonyl (C=O) groups is 4. The Bertz CT molecular complexity index is 1210. The van der Waals surface area contributed by atoms with Crippen LogP contribution in [0.1, 0.15) is 45.2 Å². The number of allylic oxidation sites excluding steroid dienone is 1. The van der Waals surface area contributed by atoms with E-state index in [9.17, 15) is 24.3 Å². The van der Waals surface area contributed by atoms with Gasteiger partial charge < -0.3 is 29.7 Å². The number of carbonyl (C=O) groups excluding carboxylic acids is 4. The molecule has 1 aromatic rings. The Kier molecular flexibility index (Phi) is 7.83. The SMILES string of the molecule is CC(C)N1C/C=C\CCC(=O)OC[C@@H](c2ccccc2)NC(=O)[C@@H]2[C@@H]3C=C[C@]4(O3)[C@H](C1=O)N([C@H](C)CO)C(=O)[C@@H]24. The summed E-state index contributed by atoms with van der Waals surface area (Å²) in [5.41, 5.74) is -0.575. The molecule has 1 aromatic carbocycles. The van der Waals surface area contributed by atoms with Gasteiger partial charge in [-0.2, -0.15) is 0 Å². The number of amides is 3. The summed E-state index contributed by atoms with van der Waals surface area (Å²) in [6.45, 7) is 5.33. The van der Waals surface area contributed by atoms with Crippen LogP contribution in [0, 0.1) is 11.8 Å². The van der Waals surface area contributed by atoms with Crippen molar-refractivity contribution in [3.8, 4) is 0 Å². The van der Waals surface area contributed by atoms with E-state index in [-0.39, 0.29) is 38.1 Å². The number of aliphatic hydroxyl groups is 1. The minimum Gasteiger partial charge on any atom is -0.463 e. The lowest BCUT2D eigenvalue weighted by Gasteiger charge is -2.39. The zero-order chi connectivity index (χ0) is 28.6. The standard InChI is InChI=1S/C30H37N3O7/c1-18(2)32-15-9-5-8-12-23(35)39-17-21(20-10-6-4-7-11-20)31-27(36)24-22-13-14-30(40-22)25(24)28(37)33(19(3)16-34)26(30)29(32)38/h4-7,9-11,13-14,18-19,21-22,24-26,34H,8,12,15-17H2,1-3H3,(H,31,36)/b9-5-/t19-,21+,22+,24-,25-,26+,30-/m1/s1. The molecule has 5 bridgehead atoms. The van der Waals surface area contributed by atoms with E-state index in [2.05, 4.69) is 5.32 Å². The topological polar surface area (TPSA) is 125 Å². The summed E-state index contributed by atoms with van der Waals surface area (Å²) in [4.78, 5) is 57.8. The lowest BCUT2D eigenvalue weighted by molar-refractivity contribution is -0.151. The zero-order valence-electron chi connectivity index (χ0n) is 23.1. The first kappa shape index (κ1) is 28.0. The molecule has 2 saturated heterocycles. The molecule has 0 unspecified atom stereocenters. The van der Waals surface area contributed by atoms with Crippen molar-refractivity contribution < 1.29 is 33.8 Å². The average molecular weight is 552 g/mol. The molecule has 2 fully saturated rings. The predicted molar refractivity (Wildman–Crippen MR) is 144 cm³/mol.